The van der Waals surface area contributed by atoms with E-state index in [1.54, 1.807) is 0 Å². The molecule has 0 aliphatic heterocycles. The fourth-order valence-corrected chi connectivity index (χ4v) is 1.81. The third-order valence-electron chi connectivity index (χ3n) is 2.41. The van der Waals surface area contributed by atoms with Gasteiger partial charge in [-0.15, -0.1) is 0 Å². The van der Waals surface area contributed by atoms with Gasteiger partial charge in [-0.1, -0.05) is 17.7 Å². The van der Waals surface area contributed by atoms with E-state index >= 15 is 0 Å². The lowest BCUT2D eigenvalue weighted by atomic mass is 10.1. The van der Waals surface area contributed by atoms with Gasteiger partial charge in [-0.3, -0.25) is 0 Å². The van der Waals surface area contributed by atoms with Gasteiger partial charge < -0.3 is 10.5 Å². The molecule has 92 valence electrons. The number of hydrogen-bond donors (Lipinski definition) is 1. The molecule has 0 bridgehead atoms. The Hall–Kier alpha value is -1.24. The Kier molecular flexibility index (Phi) is 6.46. The van der Waals surface area contributed by atoms with Crippen molar-refractivity contribution in [3.63, 3.8) is 0 Å². The van der Waals surface area contributed by atoms with Crippen molar-refractivity contribution in [2.24, 2.45) is 5.73 Å². The summed E-state index contributed by atoms with van der Waals surface area (Å²) in [7, 11) is 0. The first-order valence-electron chi connectivity index (χ1n) is 5.76. The molecule has 17 heavy (non-hydrogen) atoms. The van der Waals surface area contributed by atoms with E-state index in [1.807, 2.05) is 18.2 Å². The molecule has 1 aromatic carbocycles. The van der Waals surface area contributed by atoms with Crippen LogP contribution in [0.3, 0.4) is 0 Å². The van der Waals surface area contributed by atoms with Crippen molar-refractivity contribution in [2.75, 3.05) is 13.2 Å². The van der Waals surface area contributed by atoms with E-state index in [0.717, 1.165) is 24.2 Å². The van der Waals surface area contributed by atoms with Crippen LogP contribution in [0.4, 0.5) is 0 Å². The molecule has 1 aromatic rings. The highest BCUT2D eigenvalue weighted by molar-refractivity contribution is 6.31. The maximum absolute atomic E-state index is 8.41. The number of unbranched alkanes of at least 4 members (excludes halogenated alkanes) is 2. The Morgan fingerprint density at radius 1 is 1.35 bits per heavy atom. The van der Waals surface area contributed by atoms with Crippen molar-refractivity contribution in [2.45, 2.75) is 25.7 Å². The number of benzene rings is 1. The van der Waals surface area contributed by atoms with Gasteiger partial charge in [0.2, 0.25) is 0 Å². The molecule has 0 radical (unpaired) electrons. The summed E-state index contributed by atoms with van der Waals surface area (Å²) in [6.07, 6.45) is 3.03. The first-order valence-corrected chi connectivity index (χ1v) is 6.14. The molecule has 2 N–H and O–H groups in total. The zero-order valence-corrected chi connectivity index (χ0v) is 10.5. The minimum Gasteiger partial charge on any atom is -0.493 e. The van der Waals surface area contributed by atoms with Gasteiger partial charge in [0.1, 0.15) is 5.75 Å². The van der Waals surface area contributed by atoms with Crippen molar-refractivity contribution in [3.05, 3.63) is 28.8 Å². The normalized spacial score (nSPS) is 9.94. The highest BCUT2D eigenvalue weighted by atomic mass is 35.5. The number of rotatable bonds is 7. The van der Waals surface area contributed by atoms with Crippen LogP contribution in [-0.2, 0) is 6.42 Å². The lowest BCUT2D eigenvalue weighted by Crippen LogP contribution is -2.06. The molecule has 0 atom stereocenters. The zero-order valence-electron chi connectivity index (χ0n) is 9.79. The molecule has 0 aliphatic rings. The van der Waals surface area contributed by atoms with E-state index in [9.17, 15) is 0 Å². The average Bonchev–Trinajstić information content (AvgIpc) is 2.33. The Morgan fingerprint density at radius 2 is 2.18 bits per heavy atom. The second kappa shape index (κ2) is 7.94. The summed E-state index contributed by atoms with van der Waals surface area (Å²) in [5.41, 5.74) is 6.51. The number of ether oxygens (including phenoxy) is 1. The third kappa shape index (κ3) is 4.64. The van der Waals surface area contributed by atoms with Crippen molar-refractivity contribution in [1.29, 1.82) is 5.26 Å². The Labute approximate surface area is 107 Å². The molecule has 0 heterocycles. The molecule has 4 heteroatoms. The lowest BCUT2D eigenvalue weighted by molar-refractivity contribution is 0.304. The van der Waals surface area contributed by atoms with Crippen LogP contribution in [0.1, 0.15) is 24.8 Å². The van der Waals surface area contributed by atoms with Crippen LogP contribution in [0.5, 0.6) is 5.75 Å². The highest BCUT2D eigenvalue weighted by Gasteiger charge is 2.06. The fourth-order valence-electron chi connectivity index (χ4n) is 1.55. The second-order valence-corrected chi connectivity index (χ2v) is 4.13. The first kappa shape index (κ1) is 13.8. The minimum absolute atomic E-state index is 0.550. The van der Waals surface area contributed by atoms with Gasteiger partial charge in [0.15, 0.2) is 0 Å². The monoisotopic (exact) mass is 252 g/mol. The number of halogens is 1. The Balaban J connectivity index is 2.52. The fraction of sp³-hybridized carbons (Fsp3) is 0.462. The highest BCUT2D eigenvalue weighted by Crippen LogP contribution is 2.26. The summed E-state index contributed by atoms with van der Waals surface area (Å²) in [5.74, 6) is 0.805. The molecular weight excluding hydrogens is 236 g/mol. The van der Waals surface area contributed by atoms with Gasteiger partial charge in [-0.25, -0.2) is 0 Å². The maximum atomic E-state index is 8.41. The van der Waals surface area contributed by atoms with Crippen LogP contribution < -0.4 is 10.5 Å². The topological polar surface area (TPSA) is 59.0 Å². The average molecular weight is 253 g/mol. The molecule has 0 spiro atoms. The predicted octanol–water partition coefficient (Wildman–Crippen LogP) is 2.91. The van der Waals surface area contributed by atoms with E-state index in [4.69, 9.17) is 27.3 Å². The SMILES string of the molecule is N#CCCCCOc1cccc(Cl)c1CCN. The number of nitrogens with zero attached hydrogens (tertiary/aromatic N) is 1. The molecule has 1 rings (SSSR count). The van der Waals surface area contributed by atoms with Gasteiger partial charge in [-0.05, 0) is 37.9 Å². The first-order chi connectivity index (χ1) is 8.29. The summed E-state index contributed by atoms with van der Waals surface area (Å²) in [5, 5.41) is 9.11. The van der Waals surface area contributed by atoms with Crippen LogP contribution in [0.2, 0.25) is 5.02 Å². The smallest absolute Gasteiger partial charge is 0.124 e. The van der Waals surface area contributed by atoms with Crippen molar-refractivity contribution < 1.29 is 4.74 Å². The molecular formula is C13H17ClN2O. The molecule has 0 unspecified atom stereocenters. The van der Waals surface area contributed by atoms with E-state index in [0.29, 0.717) is 31.0 Å². The summed E-state index contributed by atoms with van der Waals surface area (Å²) < 4.78 is 5.67. The summed E-state index contributed by atoms with van der Waals surface area (Å²) in [6, 6.07) is 7.73. The van der Waals surface area contributed by atoms with Crippen LogP contribution in [0.15, 0.2) is 18.2 Å². The van der Waals surface area contributed by atoms with E-state index in [1.165, 1.54) is 0 Å². The van der Waals surface area contributed by atoms with Gasteiger partial charge in [0.05, 0.1) is 12.7 Å². The summed E-state index contributed by atoms with van der Waals surface area (Å²) >= 11 is 6.09. The van der Waals surface area contributed by atoms with Crippen LogP contribution in [-0.4, -0.2) is 13.2 Å². The van der Waals surface area contributed by atoms with Crippen LogP contribution in [0, 0.1) is 11.3 Å². The summed E-state index contributed by atoms with van der Waals surface area (Å²) in [6.45, 7) is 1.16. The molecule has 0 aliphatic carbocycles. The van der Waals surface area contributed by atoms with Crippen molar-refractivity contribution in [1.82, 2.24) is 0 Å². The standard InChI is InChI=1S/C13H17ClN2O/c14-12-5-4-6-13(11(12)7-9-16)17-10-3-1-2-8-15/h4-6H,1-3,7,9-10,16H2. The van der Waals surface area contributed by atoms with E-state index < -0.39 is 0 Å². The molecule has 0 aromatic heterocycles. The molecule has 0 saturated carbocycles. The van der Waals surface area contributed by atoms with Gasteiger partial charge in [0.25, 0.3) is 0 Å². The van der Waals surface area contributed by atoms with E-state index in [2.05, 4.69) is 6.07 Å². The van der Waals surface area contributed by atoms with E-state index in [-0.39, 0.29) is 0 Å². The number of hydrogen-bond acceptors (Lipinski definition) is 3. The number of nitriles is 1. The van der Waals surface area contributed by atoms with Crippen molar-refractivity contribution in [3.8, 4) is 11.8 Å². The minimum atomic E-state index is 0.550. The van der Waals surface area contributed by atoms with Crippen LogP contribution >= 0.6 is 11.6 Å². The predicted molar refractivity (Wildman–Crippen MR) is 69.2 cm³/mol. The third-order valence-corrected chi connectivity index (χ3v) is 2.76. The molecule has 0 saturated heterocycles. The summed E-state index contributed by atoms with van der Waals surface area (Å²) in [4.78, 5) is 0. The van der Waals surface area contributed by atoms with Crippen LogP contribution in [0.25, 0.3) is 0 Å². The Morgan fingerprint density at radius 3 is 2.88 bits per heavy atom. The largest absolute Gasteiger partial charge is 0.493 e. The molecule has 0 amide bonds. The maximum Gasteiger partial charge on any atom is 0.124 e. The van der Waals surface area contributed by atoms with Gasteiger partial charge in [0, 0.05) is 17.0 Å². The quantitative estimate of drug-likeness (QED) is 0.759. The lowest BCUT2D eigenvalue weighted by Gasteiger charge is -2.12. The molecule has 0 fully saturated rings. The van der Waals surface area contributed by atoms with Crippen molar-refractivity contribution >= 4 is 11.6 Å². The Bertz CT molecular complexity index is 387. The zero-order chi connectivity index (χ0) is 12.5. The van der Waals surface area contributed by atoms with Gasteiger partial charge >= 0.3 is 0 Å². The molecule has 3 nitrogen and oxygen atoms in total. The number of nitrogens with two attached hydrogens (primary N) is 1. The van der Waals surface area contributed by atoms with Gasteiger partial charge in [-0.2, -0.15) is 5.26 Å². The second-order valence-electron chi connectivity index (χ2n) is 3.72.